The number of rotatable bonds is 12. The molecule has 336 valence electrons. The van der Waals surface area contributed by atoms with E-state index in [4.69, 9.17) is 28.4 Å². The maximum atomic E-state index is 14.9. The van der Waals surface area contributed by atoms with Gasteiger partial charge in [-0.2, -0.15) is 4.98 Å². The van der Waals surface area contributed by atoms with Gasteiger partial charge in [-0.3, -0.25) is 19.3 Å². The molecule has 60 heavy (non-hydrogen) atoms. The SMILES string of the molecule is CC[C@H]1OC(=O)[C@H](C)C(=O)[C@H](C)[C@@H](O[C@@H]2O[C@H](C)C[C@H](N(C)C)[C@H]2O)[C@@](C)(OC)C[C@@H](C)C(=O)[C@H](C)[C@@]2(C)N(CCCCSc3nc4nc(OC)ccc4[nH]3)C(=O)O[C@]12C. The highest BCUT2D eigenvalue weighted by atomic mass is 32.2. The Labute approximate surface area is 358 Å². The number of aromatic amines is 1. The van der Waals surface area contributed by atoms with Crippen molar-refractivity contribution in [2.24, 2.45) is 23.7 Å². The number of hydrogen-bond acceptors (Lipinski definition) is 15. The zero-order valence-corrected chi connectivity index (χ0v) is 38.4. The minimum absolute atomic E-state index is 0.114. The monoisotopic (exact) mass is 861 g/mol. The van der Waals surface area contributed by atoms with Crippen molar-refractivity contribution in [2.75, 3.05) is 40.6 Å². The first-order chi connectivity index (χ1) is 28.2. The number of nitrogens with one attached hydrogen (secondary N) is 1. The van der Waals surface area contributed by atoms with Crippen molar-refractivity contribution < 1.29 is 52.7 Å². The Bertz CT molecular complexity index is 1860. The second kappa shape index (κ2) is 19.0. The Morgan fingerprint density at radius 3 is 2.35 bits per heavy atom. The van der Waals surface area contributed by atoms with Crippen molar-refractivity contribution in [2.45, 2.75) is 153 Å². The number of cyclic esters (lactones) is 1. The number of ketones is 2. The van der Waals surface area contributed by atoms with Gasteiger partial charge in [0.2, 0.25) is 5.88 Å². The lowest BCUT2D eigenvalue weighted by atomic mass is 9.66. The number of carbonyl (C=O) groups is 4. The standard InChI is InChI=1S/C43H67N5O11S/c1-14-30-43(9)42(8,48(40(53)59-43)19-15-16-20-60-39-44-28-17-18-31(54-12)45-36(28)46-39)27(6)32(49)23(2)22-41(7,55-13)35(25(4)33(50)26(5)37(52)57-30)58-38-34(51)29(47(10)11)21-24(3)56-38/h17-18,23-27,29-30,34-35,38,51H,14-16,19-22H2,1-13H3,(H,44,45,46)/t23-,24-,25+,26-,27+,29+,30-,34-,35-,38+,41+,42-,43-/m1/s1. The van der Waals surface area contributed by atoms with Gasteiger partial charge in [0, 0.05) is 49.3 Å². The molecule has 0 saturated carbocycles. The summed E-state index contributed by atoms with van der Waals surface area (Å²) in [6.07, 6.45) is -2.90. The first kappa shape index (κ1) is 47.7. The summed E-state index contributed by atoms with van der Waals surface area (Å²) in [5, 5.41) is 12.2. The van der Waals surface area contributed by atoms with E-state index in [0.717, 1.165) is 5.52 Å². The first-order valence-electron chi connectivity index (χ1n) is 21.2. The van der Waals surface area contributed by atoms with Crippen molar-refractivity contribution >= 4 is 46.6 Å². The number of likely N-dealkylation sites (N-methyl/N-ethyl adjacent to an activating group) is 1. The molecule has 5 rings (SSSR count). The first-order valence-corrected chi connectivity index (χ1v) is 22.2. The van der Waals surface area contributed by atoms with E-state index in [1.807, 2.05) is 52.8 Å². The predicted molar refractivity (Wildman–Crippen MR) is 225 cm³/mol. The largest absolute Gasteiger partial charge is 0.481 e. The Hall–Kier alpha value is -3.35. The normalized spacial score (nSPS) is 37.2. The lowest BCUT2D eigenvalue weighted by Gasteiger charge is -2.49. The van der Waals surface area contributed by atoms with Gasteiger partial charge in [-0.1, -0.05) is 39.5 Å². The van der Waals surface area contributed by atoms with E-state index in [1.54, 1.807) is 45.8 Å². The molecule has 3 saturated heterocycles. The van der Waals surface area contributed by atoms with E-state index < -0.39 is 82.9 Å². The van der Waals surface area contributed by atoms with Gasteiger partial charge in [-0.15, -0.1) is 0 Å². The van der Waals surface area contributed by atoms with Crippen LogP contribution < -0.4 is 4.74 Å². The number of hydrogen-bond donors (Lipinski definition) is 2. The molecule has 3 aliphatic rings. The molecule has 0 bridgehead atoms. The van der Waals surface area contributed by atoms with E-state index in [9.17, 15) is 24.3 Å². The number of aromatic nitrogens is 3. The minimum Gasteiger partial charge on any atom is -0.481 e. The number of nitrogens with zero attached hydrogens (tertiary/aromatic N) is 4. The van der Waals surface area contributed by atoms with Gasteiger partial charge in [-0.05, 0) is 86.9 Å². The minimum atomic E-state index is -1.47. The second-order valence-electron chi connectivity index (χ2n) is 17.7. The van der Waals surface area contributed by atoms with Crippen LogP contribution in [0.25, 0.3) is 11.2 Å². The molecule has 0 aromatic carbocycles. The number of esters is 1. The van der Waals surface area contributed by atoms with Gasteiger partial charge in [0.1, 0.15) is 23.9 Å². The molecule has 13 atom stereocenters. The number of H-pyrrole nitrogens is 1. The molecule has 5 heterocycles. The van der Waals surface area contributed by atoms with Gasteiger partial charge in [0.25, 0.3) is 0 Å². The third kappa shape index (κ3) is 9.08. The molecule has 0 aliphatic carbocycles. The number of carbonyl (C=O) groups excluding carboxylic acids is 4. The van der Waals surface area contributed by atoms with Crippen LogP contribution in [-0.2, 0) is 38.1 Å². The lowest BCUT2D eigenvalue weighted by Crippen LogP contribution is -2.66. The summed E-state index contributed by atoms with van der Waals surface area (Å²) in [7, 11) is 6.79. The summed E-state index contributed by atoms with van der Waals surface area (Å²) in [4.78, 5) is 73.2. The molecule has 2 N–H and O–H groups in total. The molecule has 3 fully saturated rings. The van der Waals surface area contributed by atoms with Crippen LogP contribution in [0.4, 0.5) is 4.79 Å². The number of Topliss-reactive ketones (excluding diaryl/α,β-unsaturated/α-hetero) is 2. The van der Waals surface area contributed by atoms with Crippen LogP contribution in [0.3, 0.4) is 0 Å². The molecular formula is C43H67N5O11S. The fraction of sp³-hybridized carbons (Fsp3) is 0.767. The summed E-state index contributed by atoms with van der Waals surface area (Å²) >= 11 is 1.54. The number of methoxy groups -OCH3 is 2. The molecule has 17 heteroatoms. The fourth-order valence-corrected chi connectivity index (χ4v) is 10.4. The number of imidazole rings is 1. The van der Waals surface area contributed by atoms with Crippen LogP contribution in [0.5, 0.6) is 5.88 Å². The number of pyridine rings is 1. The van der Waals surface area contributed by atoms with Crippen LogP contribution in [0.1, 0.15) is 94.4 Å². The topological polar surface area (TPSA) is 192 Å². The maximum absolute atomic E-state index is 14.9. The Morgan fingerprint density at radius 1 is 1.02 bits per heavy atom. The number of unbranched alkanes of at least 4 members (excludes halogenated alkanes) is 1. The quantitative estimate of drug-likeness (QED) is 0.119. The average Bonchev–Trinajstić information content (AvgIpc) is 3.71. The van der Waals surface area contributed by atoms with Gasteiger partial charge >= 0.3 is 12.1 Å². The summed E-state index contributed by atoms with van der Waals surface area (Å²) < 4.78 is 36.7. The molecule has 0 radical (unpaired) electrons. The number of fused-ring (bicyclic) bond motifs is 2. The molecule has 16 nitrogen and oxygen atoms in total. The van der Waals surface area contributed by atoms with Crippen molar-refractivity contribution in [3.05, 3.63) is 12.1 Å². The third-order valence-electron chi connectivity index (χ3n) is 13.6. The summed E-state index contributed by atoms with van der Waals surface area (Å²) in [6.45, 7) is 16.1. The molecule has 0 spiro atoms. The summed E-state index contributed by atoms with van der Waals surface area (Å²) in [5.74, 6) is -3.93. The van der Waals surface area contributed by atoms with Crippen molar-refractivity contribution in [1.82, 2.24) is 24.8 Å². The van der Waals surface area contributed by atoms with Crippen molar-refractivity contribution in [1.29, 1.82) is 0 Å². The van der Waals surface area contributed by atoms with Gasteiger partial charge in [0.15, 0.2) is 28.5 Å². The Kier molecular flexibility index (Phi) is 15.1. The Morgan fingerprint density at radius 2 is 1.72 bits per heavy atom. The smallest absolute Gasteiger partial charge is 0.411 e. The lowest BCUT2D eigenvalue weighted by molar-refractivity contribution is -0.295. The number of aliphatic hydroxyl groups excluding tert-OH is 1. The van der Waals surface area contributed by atoms with Crippen molar-refractivity contribution in [3.63, 3.8) is 0 Å². The van der Waals surface area contributed by atoms with E-state index in [-0.39, 0.29) is 37.3 Å². The van der Waals surface area contributed by atoms with Crippen LogP contribution in [-0.4, -0.2) is 148 Å². The molecular weight excluding hydrogens is 795 g/mol. The van der Waals surface area contributed by atoms with Crippen LogP contribution in [0.2, 0.25) is 0 Å². The van der Waals surface area contributed by atoms with Crippen LogP contribution in [0.15, 0.2) is 17.3 Å². The molecule has 2 aromatic heterocycles. The zero-order chi connectivity index (χ0) is 44.5. The van der Waals surface area contributed by atoms with E-state index in [2.05, 4.69) is 15.0 Å². The van der Waals surface area contributed by atoms with E-state index in [0.29, 0.717) is 41.7 Å². The van der Waals surface area contributed by atoms with Gasteiger partial charge in [0.05, 0.1) is 36.0 Å². The number of aliphatic hydroxyl groups is 1. The van der Waals surface area contributed by atoms with E-state index >= 15 is 0 Å². The third-order valence-corrected chi connectivity index (χ3v) is 14.6. The highest BCUT2D eigenvalue weighted by molar-refractivity contribution is 7.99. The number of ether oxygens (including phenoxy) is 6. The maximum Gasteiger partial charge on any atom is 0.411 e. The van der Waals surface area contributed by atoms with Crippen LogP contribution >= 0.6 is 11.8 Å². The number of amides is 1. The predicted octanol–water partition coefficient (Wildman–Crippen LogP) is 5.43. The summed E-state index contributed by atoms with van der Waals surface area (Å²) in [5.41, 5.74) is -2.68. The molecule has 2 aromatic rings. The molecule has 3 aliphatic heterocycles. The van der Waals surface area contributed by atoms with E-state index in [1.165, 1.54) is 25.8 Å². The molecule has 1 amide bonds. The average molecular weight is 862 g/mol. The highest BCUT2D eigenvalue weighted by Gasteiger charge is 2.67. The Balaban J connectivity index is 1.44. The zero-order valence-electron chi connectivity index (χ0n) is 37.6. The highest BCUT2D eigenvalue weighted by Crippen LogP contribution is 2.50. The summed E-state index contributed by atoms with van der Waals surface area (Å²) in [6, 6.07) is 3.35. The fourth-order valence-electron chi connectivity index (χ4n) is 9.56. The van der Waals surface area contributed by atoms with Crippen molar-refractivity contribution in [3.8, 4) is 5.88 Å². The van der Waals surface area contributed by atoms with Gasteiger partial charge in [-0.25, -0.2) is 9.78 Å². The molecule has 0 unspecified atom stereocenters. The second-order valence-corrected chi connectivity index (χ2v) is 18.8. The van der Waals surface area contributed by atoms with Gasteiger partial charge < -0.3 is 43.4 Å². The van der Waals surface area contributed by atoms with Crippen LogP contribution in [0, 0.1) is 23.7 Å². The number of thioether (sulfide) groups is 1.